The highest BCUT2D eigenvalue weighted by Crippen LogP contribution is 2.17. The second-order valence-corrected chi connectivity index (χ2v) is 8.40. The van der Waals surface area contributed by atoms with Crippen LogP contribution in [0.4, 0.5) is 0 Å². The van der Waals surface area contributed by atoms with Crippen molar-refractivity contribution in [1.29, 1.82) is 0 Å². The molecule has 1 aromatic heterocycles. The zero-order valence-corrected chi connectivity index (χ0v) is 22.9. The molecule has 0 amide bonds. The first-order valence-electron chi connectivity index (χ1n) is 11.2. The van der Waals surface area contributed by atoms with Gasteiger partial charge in [-0.05, 0) is 38.5 Å². The van der Waals surface area contributed by atoms with Crippen LogP contribution in [0.15, 0.2) is 29.3 Å². The summed E-state index contributed by atoms with van der Waals surface area (Å²) >= 11 is 0. The molecule has 2 atom stereocenters. The molecule has 2 unspecified atom stereocenters. The van der Waals surface area contributed by atoms with Crippen LogP contribution in [0.2, 0.25) is 0 Å². The van der Waals surface area contributed by atoms with E-state index in [-0.39, 0.29) is 24.0 Å². The number of aromatic nitrogens is 3. The monoisotopic (exact) mass is 571 g/mol. The third-order valence-electron chi connectivity index (χ3n) is 6.11. The van der Waals surface area contributed by atoms with Crippen molar-refractivity contribution in [1.82, 2.24) is 29.9 Å². The zero-order valence-electron chi connectivity index (χ0n) is 20.6. The number of hydrogen-bond donors (Lipinski definition) is 1. The molecular weight excluding hydrogens is 533 g/mol. The first-order valence-corrected chi connectivity index (χ1v) is 11.2. The Morgan fingerprint density at radius 2 is 1.79 bits per heavy atom. The van der Waals surface area contributed by atoms with Gasteiger partial charge in [-0.1, -0.05) is 12.1 Å². The number of piperazine rings is 1. The molecule has 2 heterocycles. The number of halogens is 1. The van der Waals surface area contributed by atoms with Crippen LogP contribution in [0.3, 0.4) is 0 Å². The van der Waals surface area contributed by atoms with Gasteiger partial charge in [0.25, 0.3) is 0 Å². The van der Waals surface area contributed by atoms with E-state index in [4.69, 9.17) is 14.5 Å². The van der Waals surface area contributed by atoms with Crippen molar-refractivity contribution in [2.45, 2.75) is 45.9 Å². The Morgan fingerprint density at radius 1 is 1.12 bits per heavy atom. The van der Waals surface area contributed by atoms with Gasteiger partial charge in [0.2, 0.25) is 0 Å². The number of ether oxygens (including phenoxy) is 2. The van der Waals surface area contributed by atoms with E-state index in [9.17, 15) is 0 Å². The summed E-state index contributed by atoms with van der Waals surface area (Å²) in [5, 5.41) is 12.0. The lowest BCUT2D eigenvalue weighted by molar-refractivity contribution is 0.0442. The molecule has 1 aliphatic rings. The fourth-order valence-electron chi connectivity index (χ4n) is 4.09. The van der Waals surface area contributed by atoms with Gasteiger partial charge in [0.15, 0.2) is 11.8 Å². The maximum Gasteiger partial charge on any atom is 0.194 e. The van der Waals surface area contributed by atoms with E-state index in [1.54, 1.807) is 14.2 Å². The number of benzene rings is 1. The van der Waals surface area contributed by atoms with Gasteiger partial charge in [0.05, 0.1) is 26.8 Å². The summed E-state index contributed by atoms with van der Waals surface area (Å²) in [7, 11) is 5.42. The predicted molar refractivity (Wildman–Crippen MR) is 141 cm³/mol. The lowest BCUT2D eigenvalue weighted by Crippen LogP contribution is -2.60. The van der Waals surface area contributed by atoms with Crippen LogP contribution in [-0.2, 0) is 24.9 Å². The van der Waals surface area contributed by atoms with E-state index in [0.717, 1.165) is 55.2 Å². The van der Waals surface area contributed by atoms with Gasteiger partial charge in [-0.25, -0.2) is 4.99 Å². The first kappa shape index (κ1) is 27.3. The van der Waals surface area contributed by atoms with Crippen LogP contribution in [0, 0.1) is 6.92 Å². The number of rotatable bonds is 8. The molecule has 1 fully saturated rings. The quantitative estimate of drug-likeness (QED) is 0.296. The normalized spacial score (nSPS) is 19.3. The predicted octanol–water partition coefficient (Wildman–Crippen LogP) is 2.44. The summed E-state index contributed by atoms with van der Waals surface area (Å²) in [6.45, 7) is 11.2. The van der Waals surface area contributed by atoms with Gasteiger partial charge < -0.3 is 24.3 Å². The average Bonchev–Trinajstić information content (AvgIpc) is 3.11. The lowest BCUT2D eigenvalue weighted by Gasteiger charge is -2.45. The van der Waals surface area contributed by atoms with E-state index in [1.807, 2.05) is 30.7 Å². The molecule has 0 radical (unpaired) electrons. The SMILES string of the molecule is COCCN1C(C)CN(C(=NCc2ccc(OC)cc2)NCc2nnc(C)n2C)CC1C.I. The maximum absolute atomic E-state index is 5.30. The topological polar surface area (TPSA) is 80.0 Å². The molecule has 184 valence electrons. The van der Waals surface area contributed by atoms with E-state index >= 15 is 0 Å². The molecule has 1 N–H and O–H groups in total. The minimum absolute atomic E-state index is 0. The van der Waals surface area contributed by atoms with Crippen LogP contribution in [0.5, 0.6) is 5.75 Å². The Balaban J connectivity index is 0.00000385. The van der Waals surface area contributed by atoms with E-state index in [0.29, 0.717) is 25.2 Å². The minimum atomic E-state index is 0. The Labute approximate surface area is 214 Å². The van der Waals surface area contributed by atoms with Gasteiger partial charge in [0.1, 0.15) is 11.6 Å². The molecule has 1 aromatic carbocycles. The molecule has 3 rings (SSSR count). The van der Waals surface area contributed by atoms with Crippen molar-refractivity contribution in [2.24, 2.45) is 12.0 Å². The average molecular weight is 572 g/mol. The number of nitrogens with one attached hydrogen (secondary N) is 1. The first-order chi connectivity index (χ1) is 15.4. The molecule has 1 saturated heterocycles. The van der Waals surface area contributed by atoms with Crippen LogP contribution in [0.1, 0.15) is 31.1 Å². The molecule has 0 saturated carbocycles. The molecule has 0 aliphatic carbocycles. The van der Waals surface area contributed by atoms with E-state index in [1.165, 1.54) is 0 Å². The molecule has 33 heavy (non-hydrogen) atoms. The smallest absolute Gasteiger partial charge is 0.194 e. The second-order valence-electron chi connectivity index (χ2n) is 8.40. The molecule has 10 heteroatoms. The van der Waals surface area contributed by atoms with Crippen molar-refractivity contribution in [3.8, 4) is 5.75 Å². The summed E-state index contributed by atoms with van der Waals surface area (Å²) in [5.41, 5.74) is 1.14. The third-order valence-corrected chi connectivity index (χ3v) is 6.11. The Bertz CT molecular complexity index is 875. The van der Waals surface area contributed by atoms with Crippen LogP contribution in [-0.4, -0.2) is 83.1 Å². The van der Waals surface area contributed by atoms with Crippen LogP contribution < -0.4 is 10.1 Å². The van der Waals surface area contributed by atoms with Crippen molar-refractivity contribution >= 4 is 29.9 Å². The number of aryl methyl sites for hydroxylation is 1. The number of methoxy groups -OCH3 is 2. The minimum Gasteiger partial charge on any atom is -0.497 e. The standard InChI is InChI=1S/C23H37N7O2.HI/c1-17-15-29(16-18(2)30(17)11-12-31-5)23(25-14-22-27-26-19(3)28(22)4)24-13-20-7-9-21(32-6)10-8-20;/h7-10,17-18H,11-16H2,1-6H3,(H,24,25);1H. The van der Waals surface area contributed by atoms with Crippen molar-refractivity contribution in [3.05, 3.63) is 41.5 Å². The van der Waals surface area contributed by atoms with E-state index < -0.39 is 0 Å². The maximum atomic E-state index is 5.30. The molecular formula is C23H38IN7O2. The number of hydrogen-bond acceptors (Lipinski definition) is 6. The molecule has 0 spiro atoms. The summed E-state index contributed by atoms with van der Waals surface area (Å²) in [5.74, 6) is 3.53. The molecule has 0 bridgehead atoms. The fraction of sp³-hybridized carbons (Fsp3) is 0.609. The van der Waals surface area contributed by atoms with Gasteiger partial charge in [-0.3, -0.25) is 4.90 Å². The Morgan fingerprint density at radius 3 is 2.33 bits per heavy atom. The molecule has 2 aromatic rings. The van der Waals surface area contributed by atoms with Crippen molar-refractivity contribution < 1.29 is 9.47 Å². The third kappa shape index (κ3) is 7.28. The van der Waals surface area contributed by atoms with Gasteiger partial charge in [-0.15, -0.1) is 34.2 Å². The van der Waals surface area contributed by atoms with Gasteiger partial charge >= 0.3 is 0 Å². The van der Waals surface area contributed by atoms with Crippen LogP contribution >= 0.6 is 24.0 Å². The summed E-state index contributed by atoms with van der Waals surface area (Å²) in [4.78, 5) is 9.83. The Hall–Kier alpha value is -1.92. The molecule has 9 nitrogen and oxygen atoms in total. The van der Waals surface area contributed by atoms with Crippen LogP contribution in [0.25, 0.3) is 0 Å². The van der Waals surface area contributed by atoms with Crippen molar-refractivity contribution in [2.75, 3.05) is 40.5 Å². The fourth-order valence-corrected chi connectivity index (χ4v) is 4.09. The highest BCUT2D eigenvalue weighted by molar-refractivity contribution is 14.0. The van der Waals surface area contributed by atoms with Gasteiger partial charge in [-0.2, -0.15) is 0 Å². The summed E-state index contributed by atoms with van der Waals surface area (Å²) in [6, 6.07) is 8.86. The Kier molecular flexibility index (Phi) is 10.8. The largest absolute Gasteiger partial charge is 0.497 e. The summed E-state index contributed by atoms with van der Waals surface area (Å²) < 4.78 is 12.6. The van der Waals surface area contributed by atoms with E-state index in [2.05, 4.69) is 51.3 Å². The van der Waals surface area contributed by atoms with Crippen molar-refractivity contribution in [3.63, 3.8) is 0 Å². The van der Waals surface area contributed by atoms with Gasteiger partial charge in [0, 0.05) is 45.9 Å². The highest BCUT2D eigenvalue weighted by atomic mass is 127. The lowest BCUT2D eigenvalue weighted by atomic mass is 10.1. The molecule has 1 aliphatic heterocycles. The number of guanidine groups is 1. The zero-order chi connectivity index (χ0) is 23.1. The number of nitrogens with zero attached hydrogens (tertiary/aromatic N) is 6. The highest BCUT2D eigenvalue weighted by Gasteiger charge is 2.30. The summed E-state index contributed by atoms with van der Waals surface area (Å²) in [6.07, 6.45) is 0. The number of aliphatic imine (C=N–C) groups is 1. The second kappa shape index (κ2) is 13.1.